The SMILES string of the molecule is Cc1ccn(CC2CCCNC2)c(=O)c1C(=O)NCCCc1ccccc1.Cl. The van der Waals surface area contributed by atoms with Crippen LogP contribution in [0.25, 0.3) is 0 Å². The minimum Gasteiger partial charge on any atom is -0.352 e. The van der Waals surface area contributed by atoms with Crippen LogP contribution in [-0.4, -0.2) is 30.1 Å². The number of carbonyl (C=O) groups excluding carboxylic acids is 1. The maximum absolute atomic E-state index is 12.8. The second kappa shape index (κ2) is 11.0. The molecule has 2 N–H and O–H groups in total. The van der Waals surface area contributed by atoms with Gasteiger partial charge in [0.15, 0.2) is 0 Å². The number of carbonyl (C=O) groups is 1. The molecule has 1 aromatic heterocycles. The smallest absolute Gasteiger partial charge is 0.263 e. The summed E-state index contributed by atoms with van der Waals surface area (Å²) < 4.78 is 1.70. The quantitative estimate of drug-likeness (QED) is 0.698. The summed E-state index contributed by atoms with van der Waals surface area (Å²) >= 11 is 0. The van der Waals surface area contributed by atoms with Crippen molar-refractivity contribution >= 4 is 18.3 Å². The van der Waals surface area contributed by atoms with Gasteiger partial charge in [0.2, 0.25) is 0 Å². The van der Waals surface area contributed by atoms with Gasteiger partial charge in [0.25, 0.3) is 11.5 Å². The lowest BCUT2D eigenvalue weighted by Gasteiger charge is -2.23. The van der Waals surface area contributed by atoms with Crippen molar-refractivity contribution in [3.05, 3.63) is 69.6 Å². The summed E-state index contributed by atoms with van der Waals surface area (Å²) in [7, 11) is 0. The Morgan fingerprint density at radius 2 is 2.04 bits per heavy atom. The van der Waals surface area contributed by atoms with Crippen LogP contribution in [0.1, 0.15) is 40.7 Å². The molecule has 1 amide bonds. The van der Waals surface area contributed by atoms with Crippen molar-refractivity contribution in [2.45, 2.75) is 39.2 Å². The molecular formula is C22H30ClN3O2. The molecular weight excluding hydrogens is 374 g/mol. The van der Waals surface area contributed by atoms with Gasteiger partial charge < -0.3 is 15.2 Å². The number of aromatic nitrogens is 1. The molecule has 6 heteroatoms. The highest BCUT2D eigenvalue weighted by molar-refractivity contribution is 5.95. The monoisotopic (exact) mass is 403 g/mol. The highest BCUT2D eigenvalue weighted by Gasteiger charge is 2.18. The van der Waals surface area contributed by atoms with E-state index in [-0.39, 0.29) is 29.4 Å². The average Bonchev–Trinajstić information content (AvgIpc) is 2.69. The Balaban J connectivity index is 0.00000280. The fourth-order valence-electron chi connectivity index (χ4n) is 3.67. The number of amides is 1. The third kappa shape index (κ3) is 5.94. The van der Waals surface area contributed by atoms with E-state index in [0.29, 0.717) is 19.0 Å². The summed E-state index contributed by atoms with van der Waals surface area (Å²) in [5.74, 6) is 0.183. The number of hydrogen-bond acceptors (Lipinski definition) is 3. The molecule has 1 aromatic carbocycles. The first-order valence-corrected chi connectivity index (χ1v) is 9.88. The van der Waals surface area contributed by atoms with Crippen LogP contribution in [0.5, 0.6) is 0 Å². The van der Waals surface area contributed by atoms with Gasteiger partial charge in [-0.2, -0.15) is 0 Å². The Morgan fingerprint density at radius 3 is 2.75 bits per heavy atom. The summed E-state index contributed by atoms with van der Waals surface area (Å²) in [6, 6.07) is 12.1. The third-order valence-electron chi connectivity index (χ3n) is 5.23. The zero-order valence-corrected chi connectivity index (χ0v) is 17.3. The molecule has 1 saturated heterocycles. The van der Waals surface area contributed by atoms with Crippen molar-refractivity contribution in [1.82, 2.24) is 15.2 Å². The maximum atomic E-state index is 12.8. The van der Waals surface area contributed by atoms with Gasteiger partial charge in [0, 0.05) is 19.3 Å². The van der Waals surface area contributed by atoms with Gasteiger partial charge in [-0.1, -0.05) is 30.3 Å². The van der Waals surface area contributed by atoms with E-state index in [2.05, 4.69) is 22.8 Å². The van der Waals surface area contributed by atoms with E-state index < -0.39 is 0 Å². The van der Waals surface area contributed by atoms with E-state index in [1.54, 1.807) is 4.57 Å². The normalized spacial score (nSPS) is 16.2. The maximum Gasteiger partial charge on any atom is 0.263 e. The van der Waals surface area contributed by atoms with Gasteiger partial charge in [-0.3, -0.25) is 9.59 Å². The lowest BCUT2D eigenvalue weighted by molar-refractivity contribution is 0.0950. The van der Waals surface area contributed by atoms with E-state index in [9.17, 15) is 9.59 Å². The topological polar surface area (TPSA) is 63.1 Å². The minimum atomic E-state index is -0.262. The molecule has 152 valence electrons. The Bertz CT molecular complexity index is 814. The summed E-state index contributed by atoms with van der Waals surface area (Å²) in [5.41, 5.74) is 2.09. The van der Waals surface area contributed by atoms with Crippen LogP contribution in [0, 0.1) is 12.8 Å². The molecule has 2 aromatic rings. The first-order chi connectivity index (χ1) is 13.1. The summed E-state index contributed by atoms with van der Waals surface area (Å²) in [6.07, 6.45) is 5.84. The lowest BCUT2D eigenvalue weighted by Crippen LogP contribution is -2.38. The molecule has 1 aliphatic heterocycles. The molecule has 1 unspecified atom stereocenters. The molecule has 0 bridgehead atoms. The Hall–Kier alpha value is -2.11. The van der Waals surface area contributed by atoms with Crippen molar-refractivity contribution in [2.75, 3.05) is 19.6 Å². The van der Waals surface area contributed by atoms with E-state index in [0.717, 1.165) is 44.3 Å². The number of hydrogen-bond donors (Lipinski definition) is 2. The largest absolute Gasteiger partial charge is 0.352 e. The summed E-state index contributed by atoms with van der Waals surface area (Å²) in [4.78, 5) is 25.4. The third-order valence-corrected chi connectivity index (χ3v) is 5.23. The lowest BCUT2D eigenvalue weighted by atomic mass is 9.99. The van der Waals surface area contributed by atoms with E-state index in [1.165, 1.54) is 5.56 Å². The number of nitrogens with one attached hydrogen (secondary N) is 2. The predicted octanol–water partition coefficient (Wildman–Crippen LogP) is 2.94. The fraction of sp³-hybridized carbons (Fsp3) is 0.455. The zero-order valence-electron chi connectivity index (χ0n) is 16.4. The number of benzene rings is 1. The van der Waals surface area contributed by atoms with Crippen LogP contribution in [0.15, 0.2) is 47.4 Å². The fourth-order valence-corrected chi connectivity index (χ4v) is 3.67. The molecule has 5 nitrogen and oxygen atoms in total. The molecule has 0 aliphatic carbocycles. The minimum absolute atomic E-state index is 0. The van der Waals surface area contributed by atoms with E-state index in [1.807, 2.05) is 37.4 Å². The van der Waals surface area contributed by atoms with Gasteiger partial charge in [-0.05, 0) is 68.8 Å². The van der Waals surface area contributed by atoms with Crippen LogP contribution < -0.4 is 16.2 Å². The van der Waals surface area contributed by atoms with Gasteiger partial charge >= 0.3 is 0 Å². The molecule has 0 radical (unpaired) electrons. The van der Waals surface area contributed by atoms with Crippen LogP contribution >= 0.6 is 12.4 Å². The first kappa shape index (κ1) is 22.2. The van der Waals surface area contributed by atoms with Gasteiger partial charge in [-0.25, -0.2) is 0 Å². The average molecular weight is 404 g/mol. The number of rotatable bonds is 7. The van der Waals surface area contributed by atoms with Crippen LogP contribution in [-0.2, 0) is 13.0 Å². The molecule has 0 spiro atoms. The number of aryl methyl sites for hydroxylation is 2. The number of halogens is 1. The molecule has 1 aliphatic rings. The van der Waals surface area contributed by atoms with Crippen LogP contribution in [0.3, 0.4) is 0 Å². The predicted molar refractivity (Wildman–Crippen MR) is 115 cm³/mol. The van der Waals surface area contributed by atoms with E-state index >= 15 is 0 Å². The molecule has 28 heavy (non-hydrogen) atoms. The van der Waals surface area contributed by atoms with Crippen molar-refractivity contribution in [2.24, 2.45) is 5.92 Å². The standard InChI is InChI=1S/C22H29N3O2.ClH/c1-17-11-14-25(16-19-10-5-12-23-15-19)22(27)20(17)21(26)24-13-6-9-18-7-3-2-4-8-18;/h2-4,7-8,11,14,19,23H,5-6,9-10,12-13,15-16H2,1H3,(H,24,26);1H. The van der Waals surface area contributed by atoms with Crippen molar-refractivity contribution in [1.29, 1.82) is 0 Å². The van der Waals surface area contributed by atoms with Crippen molar-refractivity contribution < 1.29 is 4.79 Å². The Kier molecular flexibility index (Phi) is 8.74. The second-order valence-corrected chi connectivity index (χ2v) is 7.39. The highest BCUT2D eigenvalue weighted by atomic mass is 35.5. The zero-order chi connectivity index (χ0) is 19.1. The second-order valence-electron chi connectivity index (χ2n) is 7.39. The Labute approximate surface area is 173 Å². The van der Waals surface area contributed by atoms with Gasteiger partial charge in [0.05, 0.1) is 0 Å². The summed E-state index contributed by atoms with van der Waals surface area (Å²) in [5, 5.41) is 6.29. The molecule has 1 fully saturated rings. The number of nitrogens with zero attached hydrogens (tertiary/aromatic N) is 1. The van der Waals surface area contributed by atoms with Crippen molar-refractivity contribution in [3.8, 4) is 0 Å². The number of piperidine rings is 1. The summed E-state index contributed by atoms with van der Waals surface area (Å²) in [6.45, 7) is 5.04. The van der Waals surface area contributed by atoms with Gasteiger partial charge in [0.1, 0.15) is 5.56 Å². The molecule has 3 rings (SSSR count). The highest BCUT2D eigenvalue weighted by Crippen LogP contribution is 2.12. The van der Waals surface area contributed by atoms with Crippen molar-refractivity contribution in [3.63, 3.8) is 0 Å². The Morgan fingerprint density at radius 1 is 1.25 bits per heavy atom. The first-order valence-electron chi connectivity index (χ1n) is 9.88. The molecule has 1 atom stereocenters. The van der Waals surface area contributed by atoms with E-state index in [4.69, 9.17) is 0 Å². The number of pyridine rings is 1. The van der Waals surface area contributed by atoms with Gasteiger partial charge in [-0.15, -0.1) is 12.4 Å². The van der Waals surface area contributed by atoms with Crippen LogP contribution in [0.4, 0.5) is 0 Å². The molecule has 0 saturated carbocycles. The molecule has 2 heterocycles. The van der Waals surface area contributed by atoms with Crippen LogP contribution in [0.2, 0.25) is 0 Å².